The highest BCUT2D eigenvalue weighted by atomic mass is 35.5. The summed E-state index contributed by atoms with van der Waals surface area (Å²) in [6, 6.07) is 1.71. The lowest BCUT2D eigenvalue weighted by Crippen LogP contribution is -2.21. The number of aromatic nitrogens is 2. The highest BCUT2D eigenvalue weighted by Crippen LogP contribution is 2.23. The first-order valence-electron chi connectivity index (χ1n) is 4.58. The standard InChI is InChI=1S/C9H11ClFN3/c10-8-3-9(13-6-12-8)14-2-1-7(4-11)5-14/h3,6-7H,1-2,4-5H2/t7-/m1/s1. The molecule has 0 saturated carbocycles. The van der Waals surface area contributed by atoms with Crippen molar-refractivity contribution in [2.45, 2.75) is 6.42 Å². The predicted octanol–water partition coefficient (Wildman–Crippen LogP) is 1.93. The fourth-order valence-corrected chi connectivity index (χ4v) is 1.81. The maximum absolute atomic E-state index is 12.4. The fourth-order valence-electron chi connectivity index (χ4n) is 1.66. The molecule has 0 bridgehead atoms. The topological polar surface area (TPSA) is 29.0 Å². The summed E-state index contributed by atoms with van der Waals surface area (Å²) in [4.78, 5) is 9.94. The van der Waals surface area contributed by atoms with Crippen LogP contribution < -0.4 is 4.90 Å². The minimum absolute atomic E-state index is 0.142. The minimum Gasteiger partial charge on any atom is -0.356 e. The molecule has 76 valence electrons. The van der Waals surface area contributed by atoms with Gasteiger partial charge in [-0.05, 0) is 6.42 Å². The molecule has 0 spiro atoms. The van der Waals surface area contributed by atoms with E-state index in [4.69, 9.17) is 11.6 Å². The molecule has 3 nitrogen and oxygen atoms in total. The highest BCUT2D eigenvalue weighted by Gasteiger charge is 2.23. The van der Waals surface area contributed by atoms with Crippen LogP contribution in [0.25, 0.3) is 0 Å². The highest BCUT2D eigenvalue weighted by molar-refractivity contribution is 6.29. The van der Waals surface area contributed by atoms with Gasteiger partial charge in [-0.25, -0.2) is 9.97 Å². The number of halogens is 2. The molecule has 1 fully saturated rings. The SMILES string of the molecule is FC[C@H]1CCN(c2cc(Cl)ncn2)C1. The van der Waals surface area contributed by atoms with Gasteiger partial charge in [0.05, 0.1) is 6.67 Å². The Kier molecular flexibility index (Phi) is 2.82. The zero-order valence-corrected chi connectivity index (χ0v) is 8.41. The van der Waals surface area contributed by atoms with E-state index in [1.54, 1.807) is 6.07 Å². The third-order valence-electron chi connectivity index (χ3n) is 2.45. The Hall–Kier alpha value is -0.900. The van der Waals surface area contributed by atoms with Crippen molar-refractivity contribution in [3.63, 3.8) is 0 Å². The summed E-state index contributed by atoms with van der Waals surface area (Å²) < 4.78 is 12.4. The molecule has 1 aliphatic heterocycles. The third-order valence-corrected chi connectivity index (χ3v) is 2.65. The van der Waals surface area contributed by atoms with Crippen LogP contribution in [0.3, 0.4) is 0 Å². The van der Waals surface area contributed by atoms with Crippen LogP contribution in [0, 0.1) is 5.92 Å². The molecule has 14 heavy (non-hydrogen) atoms. The van der Waals surface area contributed by atoms with Crippen molar-refractivity contribution < 1.29 is 4.39 Å². The average molecular weight is 216 g/mol. The van der Waals surface area contributed by atoms with Gasteiger partial charge in [0, 0.05) is 25.1 Å². The van der Waals surface area contributed by atoms with E-state index in [1.807, 2.05) is 4.90 Å². The zero-order chi connectivity index (χ0) is 9.97. The van der Waals surface area contributed by atoms with E-state index in [2.05, 4.69) is 9.97 Å². The van der Waals surface area contributed by atoms with Gasteiger partial charge in [-0.3, -0.25) is 4.39 Å². The normalized spacial score (nSPS) is 21.6. The second-order valence-corrected chi connectivity index (χ2v) is 3.84. The molecule has 0 N–H and O–H groups in total. The number of anilines is 1. The van der Waals surface area contributed by atoms with E-state index in [1.165, 1.54) is 6.33 Å². The van der Waals surface area contributed by atoms with Crippen molar-refractivity contribution in [1.82, 2.24) is 9.97 Å². The summed E-state index contributed by atoms with van der Waals surface area (Å²) in [5.41, 5.74) is 0. The average Bonchev–Trinajstić information content (AvgIpc) is 2.66. The summed E-state index contributed by atoms with van der Waals surface area (Å²) in [6.07, 6.45) is 2.32. The van der Waals surface area contributed by atoms with Crippen LogP contribution in [0.1, 0.15) is 6.42 Å². The first-order chi connectivity index (χ1) is 6.79. The Bertz CT molecular complexity index is 321. The minimum atomic E-state index is -0.255. The molecule has 2 rings (SSSR count). The van der Waals surface area contributed by atoms with Gasteiger partial charge in [0.1, 0.15) is 17.3 Å². The van der Waals surface area contributed by atoms with Crippen molar-refractivity contribution >= 4 is 17.4 Å². The number of rotatable bonds is 2. The van der Waals surface area contributed by atoms with Crippen LogP contribution in [0.2, 0.25) is 5.15 Å². The van der Waals surface area contributed by atoms with Crippen LogP contribution in [0.15, 0.2) is 12.4 Å². The monoisotopic (exact) mass is 215 g/mol. The van der Waals surface area contributed by atoms with Crippen molar-refractivity contribution in [2.75, 3.05) is 24.7 Å². The molecule has 1 saturated heterocycles. The quantitative estimate of drug-likeness (QED) is 0.706. The summed E-state index contributed by atoms with van der Waals surface area (Å²) in [6.45, 7) is 1.32. The number of alkyl halides is 1. The van der Waals surface area contributed by atoms with Gasteiger partial charge in [-0.2, -0.15) is 0 Å². The lowest BCUT2D eigenvalue weighted by molar-refractivity contribution is 0.384. The van der Waals surface area contributed by atoms with E-state index in [-0.39, 0.29) is 12.6 Å². The Balaban J connectivity index is 2.09. The van der Waals surface area contributed by atoms with E-state index in [0.717, 1.165) is 25.3 Å². The van der Waals surface area contributed by atoms with Crippen molar-refractivity contribution in [1.29, 1.82) is 0 Å². The second-order valence-electron chi connectivity index (χ2n) is 3.45. The third kappa shape index (κ3) is 1.95. The number of hydrogen-bond donors (Lipinski definition) is 0. The molecule has 0 radical (unpaired) electrons. The predicted molar refractivity (Wildman–Crippen MR) is 53.3 cm³/mol. The van der Waals surface area contributed by atoms with E-state index >= 15 is 0 Å². The van der Waals surface area contributed by atoms with E-state index in [0.29, 0.717) is 5.15 Å². The van der Waals surface area contributed by atoms with Crippen molar-refractivity contribution in [3.05, 3.63) is 17.5 Å². The van der Waals surface area contributed by atoms with Crippen LogP contribution in [0.5, 0.6) is 0 Å². The molecule has 1 aromatic heterocycles. The Morgan fingerprint density at radius 1 is 1.57 bits per heavy atom. The largest absolute Gasteiger partial charge is 0.356 e. The fraction of sp³-hybridized carbons (Fsp3) is 0.556. The van der Waals surface area contributed by atoms with Crippen LogP contribution in [0.4, 0.5) is 10.2 Å². The lowest BCUT2D eigenvalue weighted by atomic mass is 10.1. The Labute approximate surface area is 86.9 Å². The van der Waals surface area contributed by atoms with Crippen LogP contribution in [-0.4, -0.2) is 29.7 Å². The zero-order valence-electron chi connectivity index (χ0n) is 7.66. The van der Waals surface area contributed by atoms with Crippen LogP contribution in [-0.2, 0) is 0 Å². The maximum Gasteiger partial charge on any atom is 0.134 e. The smallest absolute Gasteiger partial charge is 0.134 e. The molecule has 0 aromatic carbocycles. The maximum atomic E-state index is 12.4. The van der Waals surface area contributed by atoms with Gasteiger partial charge in [-0.1, -0.05) is 11.6 Å². The summed E-state index contributed by atoms with van der Waals surface area (Å²) in [5, 5.41) is 0.429. The molecule has 2 heterocycles. The number of nitrogens with zero attached hydrogens (tertiary/aromatic N) is 3. The Morgan fingerprint density at radius 2 is 2.43 bits per heavy atom. The van der Waals surface area contributed by atoms with E-state index < -0.39 is 0 Å². The number of hydrogen-bond acceptors (Lipinski definition) is 3. The van der Waals surface area contributed by atoms with Gasteiger partial charge in [0.2, 0.25) is 0 Å². The molecular weight excluding hydrogens is 205 g/mol. The lowest BCUT2D eigenvalue weighted by Gasteiger charge is -2.16. The molecule has 0 aliphatic carbocycles. The van der Waals surface area contributed by atoms with E-state index in [9.17, 15) is 4.39 Å². The summed E-state index contributed by atoms with van der Waals surface area (Å²) >= 11 is 5.74. The van der Waals surface area contributed by atoms with Gasteiger partial charge >= 0.3 is 0 Å². The van der Waals surface area contributed by atoms with Crippen LogP contribution >= 0.6 is 11.6 Å². The Morgan fingerprint density at radius 3 is 3.07 bits per heavy atom. The second kappa shape index (κ2) is 4.09. The van der Waals surface area contributed by atoms with Gasteiger partial charge in [-0.15, -0.1) is 0 Å². The molecule has 5 heteroatoms. The molecule has 1 atom stereocenters. The van der Waals surface area contributed by atoms with Crippen molar-refractivity contribution in [3.8, 4) is 0 Å². The molecule has 0 unspecified atom stereocenters. The van der Waals surface area contributed by atoms with Gasteiger partial charge < -0.3 is 4.90 Å². The first-order valence-corrected chi connectivity index (χ1v) is 4.96. The summed E-state index contributed by atoms with van der Waals surface area (Å²) in [5.74, 6) is 0.935. The first kappa shape index (κ1) is 9.65. The molecule has 1 aliphatic rings. The molecule has 0 amide bonds. The summed E-state index contributed by atoms with van der Waals surface area (Å²) in [7, 11) is 0. The molecular formula is C9H11ClFN3. The van der Waals surface area contributed by atoms with Gasteiger partial charge in [0.15, 0.2) is 0 Å². The molecule has 1 aromatic rings. The van der Waals surface area contributed by atoms with Gasteiger partial charge in [0.25, 0.3) is 0 Å². The van der Waals surface area contributed by atoms with Crippen molar-refractivity contribution in [2.24, 2.45) is 5.92 Å².